The molecule has 11 heteroatoms. The summed E-state index contributed by atoms with van der Waals surface area (Å²) >= 11 is 0. The molecule has 0 rings (SSSR count). The van der Waals surface area contributed by atoms with Crippen LogP contribution in [-0.2, 0) is 29.2 Å². The van der Waals surface area contributed by atoms with Crippen LogP contribution in [0.1, 0.15) is 58.8 Å². The minimum atomic E-state index is -4.71. The van der Waals surface area contributed by atoms with E-state index in [9.17, 15) is 18.0 Å². The summed E-state index contributed by atoms with van der Waals surface area (Å²) < 4.78 is 41.1. The molecule has 0 aliphatic carbocycles. The van der Waals surface area contributed by atoms with Crippen LogP contribution in [0.3, 0.4) is 0 Å². The van der Waals surface area contributed by atoms with Gasteiger partial charge in [0.15, 0.2) is 11.4 Å². The first-order valence-electron chi connectivity index (χ1n) is 8.12. The van der Waals surface area contributed by atoms with Crippen LogP contribution >= 0.6 is 0 Å². The van der Waals surface area contributed by atoms with E-state index >= 15 is 0 Å². The summed E-state index contributed by atoms with van der Waals surface area (Å²) in [6.45, 7) is 4.18. The molecule has 0 aliphatic rings. The zero-order chi connectivity index (χ0) is 19.7. The molecule has 0 amide bonds. The van der Waals surface area contributed by atoms with Crippen LogP contribution in [0, 0.1) is 11.5 Å². The number of carbonyl (C=O) groups excluding carboxylic acids is 2. The van der Waals surface area contributed by atoms with E-state index < -0.39 is 33.7 Å². The van der Waals surface area contributed by atoms with Crippen molar-refractivity contribution in [2.45, 2.75) is 64.0 Å². The molecule has 0 bridgehead atoms. The fourth-order valence-electron chi connectivity index (χ4n) is 1.68. The first-order chi connectivity index (χ1) is 11.7. The number of nitrogens with two attached hydrogens (primary N) is 1. The van der Waals surface area contributed by atoms with Crippen molar-refractivity contribution in [2.75, 3.05) is 13.2 Å². The van der Waals surface area contributed by atoms with Gasteiger partial charge in [-0.25, -0.2) is 0 Å². The molecule has 0 fully saturated rings. The van der Waals surface area contributed by atoms with Gasteiger partial charge in [0.2, 0.25) is 0 Å². The van der Waals surface area contributed by atoms with E-state index in [2.05, 4.69) is 5.73 Å². The quantitative estimate of drug-likeness (QED) is 0.122. The van der Waals surface area contributed by atoms with E-state index in [1.807, 2.05) is 13.8 Å². The molecule has 1 atom stereocenters. The molecule has 0 aromatic rings. The first-order valence-corrected chi connectivity index (χ1v) is 9.63. The van der Waals surface area contributed by atoms with Crippen molar-refractivity contribution >= 4 is 51.6 Å². The van der Waals surface area contributed by atoms with Crippen LogP contribution in [0.2, 0.25) is 0 Å². The van der Waals surface area contributed by atoms with E-state index in [0.29, 0.717) is 12.8 Å². The number of hydrogen-bond donors (Lipinski definition) is 2. The number of ether oxygens (including phenoxy) is 2. The molecule has 1 unspecified atom stereocenters. The predicted molar refractivity (Wildman–Crippen MR) is 96.5 cm³/mol. The summed E-state index contributed by atoms with van der Waals surface area (Å²) in [4.78, 5) is 23.2. The summed E-state index contributed by atoms with van der Waals surface area (Å²) in [6, 6.07) is 0. The fourth-order valence-corrected chi connectivity index (χ4v) is 2.33. The Morgan fingerprint density at radius 1 is 1.08 bits per heavy atom. The van der Waals surface area contributed by atoms with Crippen molar-refractivity contribution in [3.05, 3.63) is 0 Å². The van der Waals surface area contributed by atoms with E-state index in [0.717, 1.165) is 25.7 Å². The predicted octanol–water partition coefficient (Wildman–Crippen LogP) is 1.15. The molecule has 0 heterocycles. The molecule has 0 saturated heterocycles. The molecule has 0 saturated carbocycles. The number of esters is 2. The van der Waals surface area contributed by atoms with Crippen LogP contribution in [0.25, 0.3) is 0 Å². The number of nitrogens with zero attached hydrogens (tertiary/aromatic N) is 1. The van der Waals surface area contributed by atoms with Gasteiger partial charge in [0.25, 0.3) is 10.1 Å². The Morgan fingerprint density at radius 3 is 1.88 bits per heavy atom. The third kappa shape index (κ3) is 17.9. The van der Waals surface area contributed by atoms with Gasteiger partial charge in [0.1, 0.15) is 0 Å². The van der Waals surface area contributed by atoms with Gasteiger partial charge in [0, 0.05) is 29.6 Å². The van der Waals surface area contributed by atoms with Crippen molar-refractivity contribution < 1.29 is 32.0 Å². The Hall–Kier alpha value is -0.860. The van der Waals surface area contributed by atoms with Crippen molar-refractivity contribution in [1.29, 1.82) is 5.26 Å². The zero-order valence-corrected chi connectivity index (χ0v) is 18.6. The Balaban J connectivity index is -0.00000123. The molecule has 9 nitrogen and oxygen atoms in total. The summed E-state index contributed by atoms with van der Waals surface area (Å²) in [5, 5.41) is 5.17. The molecule has 1 radical (unpaired) electrons. The molecule has 0 aromatic heterocycles. The van der Waals surface area contributed by atoms with E-state index in [1.165, 1.54) is 6.19 Å². The van der Waals surface area contributed by atoms with Gasteiger partial charge in [-0.05, 0) is 12.8 Å². The van der Waals surface area contributed by atoms with Crippen molar-refractivity contribution in [2.24, 2.45) is 5.73 Å². The van der Waals surface area contributed by atoms with Gasteiger partial charge in [-0.15, -0.1) is 0 Å². The largest absolute Gasteiger partial charge is 0.466 e. The maximum absolute atomic E-state index is 11.7. The average molecular weight is 403 g/mol. The number of nitriles is 1. The Kier molecular flexibility index (Phi) is 21.7. The SMILES string of the molecule is CCCCCOC(=O)CC(C(=O)OCCCCC)S(=O)(=O)O.N#CN.[Na]. The van der Waals surface area contributed by atoms with Crippen LogP contribution < -0.4 is 5.73 Å². The van der Waals surface area contributed by atoms with Gasteiger partial charge in [-0.3, -0.25) is 14.1 Å². The summed E-state index contributed by atoms with van der Waals surface area (Å²) in [5.74, 6) is -1.96. The molecular weight excluding hydrogens is 375 g/mol. The van der Waals surface area contributed by atoms with Crippen LogP contribution in [0.5, 0.6) is 0 Å². The van der Waals surface area contributed by atoms with Crippen molar-refractivity contribution in [3.63, 3.8) is 0 Å². The zero-order valence-electron chi connectivity index (χ0n) is 15.8. The fraction of sp³-hybridized carbons (Fsp3) is 0.800. The number of unbranched alkanes of at least 4 members (excludes halogenated alkanes) is 4. The molecule has 0 aromatic carbocycles. The minimum absolute atomic E-state index is 0. The smallest absolute Gasteiger partial charge is 0.327 e. The number of rotatable bonds is 12. The van der Waals surface area contributed by atoms with Gasteiger partial charge in [-0.1, -0.05) is 39.5 Å². The molecular formula is C15H28N2NaO7S. The summed E-state index contributed by atoms with van der Waals surface area (Å²) in [7, 11) is -4.71. The molecule has 26 heavy (non-hydrogen) atoms. The van der Waals surface area contributed by atoms with E-state index in [-0.39, 0.29) is 42.8 Å². The van der Waals surface area contributed by atoms with E-state index in [4.69, 9.17) is 19.3 Å². The minimum Gasteiger partial charge on any atom is -0.466 e. The second-order valence-corrected chi connectivity index (χ2v) is 6.74. The van der Waals surface area contributed by atoms with Gasteiger partial charge >= 0.3 is 11.9 Å². The van der Waals surface area contributed by atoms with Crippen LogP contribution in [0.4, 0.5) is 0 Å². The molecule has 0 spiro atoms. The first kappa shape index (κ1) is 29.9. The Morgan fingerprint density at radius 2 is 1.50 bits per heavy atom. The Bertz CT molecular complexity index is 521. The van der Waals surface area contributed by atoms with Crippen LogP contribution in [0.15, 0.2) is 0 Å². The van der Waals surface area contributed by atoms with Gasteiger partial charge in [-0.2, -0.15) is 13.7 Å². The molecule has 3 N–H and O–H groups in total. The van der Waals surface area contributed by atoms with Crippen LogP contribution in [-0.4, -0.2) is 72.9 Å². The van der Waals surface area contributed by atoms with E-state index in [1.54, 1.807) is 0 Å². The maximum Gasteiger partial charge on any atom is 0.327 e. The Labute approximate surface area is 177 Å². The monoisotopic (exact) mass is 403 g/mol. The molecule has 147 valence electrons. The summed E-state index contributed by atoms with van der Waals surface area (Å²) in [5.41, 5.74) is 4.15. The standard InChI is InChI=1S/C14H26O7S.CH2N2.Na/c1-3-5-7-9-20-13(15)11-12(22(17,18)19)14(16)21-10-8-6-4-2;2-1-3;/h12H,3-11H2,1-2H3,(H,17,18,19);2H2;. The normalized spacial score (nSPS) is 11.0. The number of carbonyl (C=O) groups is 2. The third-order valence-electron chi connectivity index (χ3n) is 2.98. The second kappa shape index (κ2) is 18.9. The second-order valence-electron chi connectivity index (χ2n) is 5.14. The average Bonchev–Trinajstić information content (AvgIpc) is 2.53. The third-order valence-corrected chi connectivity index (χ3v) is 4.06. The summed E-state index contributed by atoms with van der Waals surface area (Å²) in [6.07, 6.45) is 5.37. The number of hydrogen-bond acceptors (Lipinski definition) is 8. The van der Waals surface area contributed by atoms with Crippen molar-refractivity contribution in [1.82, 2.24) is 0 Å². The maximum atomic E-state index is 11.7. The topological polar surface area (TPSA) is 157 Å². The van der Waals surface area contributed by atoms with Gasteiger partial charge in [0.05, 0.1) is 19.6 Å². The van der Waals surface area contributed by atoms with Crippen molar-refractivity contribution in [3.8, 4) is 6.19 Å². The molecule has 0 aliphatic heterocycles. The van der Waals surface area contributed by atoms with Gasteiger partial charge < -0.3 is 15.2 Å².